The van der Waals surface area contributed by atoms with E-state index >= 15 is 0 Å². The van der Waals surface area contributed by atoms with Crippen LogP contribution in [0, 0.1) is 0 Å². The normalized spacial score (nSPS) is 12.8. The zero-order chi connectivity index (χ0) is 48.6. The molecule has 0 saturated heterocycles. The zero-order valence-electron chi connectivity index (χ0n) is 43.6. The van der Waals surface area contributed by atoms with Crippen LogP contribution in [0.2, 0.25) is 0 Å². The maximum atomic E-state index is 12.8. The molecule has 6 heteroatoms. The number of hydrogen-bond donors (Lipinski definition) is 0. The minimum Gasteiger partial charge on any atom is -0.462 e. The molecule has 67 heavy (non-hydrogen) atoms. The molecule has 0 radical (unpaired) electrons. The van der Waals surface area contributed by atoms with Gasteiger partial charge in [-0.2, -0.15) is 0 Å². The Labute approximate surface area is 413 Å². The van der Waals surface area contributed by atoms with Crippen LogP contribution in [0.5, 0.6) is 0 Å². The molecule has 0 bridgehead atoms. The molecule has 6 nitrogen and oxygen atoms in total. The Morgan fingerprint density at radius 1 is 0.313 bits per heavy atom. The predicted molar refractivity (Wildman–Crippen MR) is 288 cm³/mol. The van der Waals surface area contributed by atoms with E-state index in [0.717, 1.165) is 135 Å². The Kier molecular flexibility index (Phi) is 51.9. The molecule has 0 amide bonds. The van der Waals surface area contributed by atoms with E-state index in [0.29, 0.717) is 19.3 Å². The van der Waals surface area contributed by atoms with E-state index < -0.39 is 6.10 Å². The Balaban J connectivity index is 4.44. The Morgan fingerprint density at radius 3 is 0.970 bits per heavy atom. The fourth-order valence-corrected chi connectivity index (χ4v) is 7.38. The summed E-state index contributed by atoms with van der Waals surface area (Å²) in [5.74, 6) is -0.937. The van der Waals surface area contributed by atoms with Gasteiger partial charge in [0.1, 0.15) is 13.2 Å². The van der Waals surface area contributed by atoms with Crippen molar-refractivity contribution in [3.05, 3.63) is 97.2 Å². The lowest BCUT2D eigenvalue weighted by molar-refractivity contribution is -0.167. The van der Waals surface area contributed by atoms with Crippen LogP contribution >= 0.6 is 0 Å². The SMILES string of the molecule is CC/C=C\C/C=C\C/C=C\C/C=C\CCCCCCC(=O)OC(COC(=O)CCCCCCC/C=C\C/C=C\CCC)COC(=O)CCCCCCCCCCC/C=C\C/C=C\CCCCC. The first-order valence-corrected chi connectivity index (χ1v) is 27.7. The van der Waals surface area contributed by atoms with Crippen LogP contribution in [-0.2, 0) is 28.6 Å². The summed E-state index contributed by atoms with van der Waals surface area (Å²) in [4.78, 5) is 38.1. The predicted octanol–water partition coefficient (Wildman–Crippen LogP) is 18.5. The topological polar surface area (TPSA) is 78.9 Å². The van der Waals surface area contributed by atoms with Gasteiger partial charge in [-0.15, -0.1) is 0 Å². The number of hydrogen-bond acceptors (Lipinski definition) is 6. The number of carbonyl (C=O) groups is 3. The molecule has 0 spiro atoms. The average molecular weight is 931 g/mol. The van der Waals surface area contributed by atoms with Gasteiger partial charge in [-0.1, -0.05) is 214 Å². The second-order valence-electron chi connectivity index (χ2n) is 18.1. The highest BCUT2D eigenvalue weighted by Crippen LogP contribution is 2.14. The van der Waals surface area contributed by atoms with Crippen molar-refractivity contribution in [3.8, 4) is 0 Å². The van der Waals surface area contributed by atoms with Gasteiger partial charge in [0.2, 0.25) is 0 Å². The summed E-state index contributed by atoms with van der Waals surface area (Å²) in [5.41, 5.74) is 0. The van der Waals surface area contributed by atoms with Crippen molar-refractivity contribution < 1.29 is 28.6 Å². The molecule has 0 aromatic rings. The highest BCUT2D eigenvalue weighted by atomic mass is 16.6. The minimum absolute atomic E-state index is 0.0951. The van der Waals surface area contributed by atoms with Gasteiger partial charge in [0.15, 0.2) is 6.10 Å². The van der Waals surface area contributed by atoms with Gasteiger partial charge < -0.3 is 14.2 Å². The molecule has 0 heterocycles. The summed E-state index contributed by atoms with van der Waals surface area (Å²) >= 11 is 0. The molecule has 0 aliphatic rings. The Hall–Kier alpha value is -3.67. The smallest absolute Gasteiger partial charge is 0.306 e. The lowest BCUT2D eigenvalue weighted by atomic mass is 10.1. The summed E-state index contributed by atoms with van der Waals surface area (Å²) in [6.07, 6.45) is 72.5. The number of rotatable bonds is 49. The van der Waals surface area contributed by atoms with Gasteiger partial charge in [-0.3, -0.25) is 14.4 Å². The van der Waals surface area contributed by atoms with Crippen LogP contribution in [0.3, 0.4) is 0 Å². The van der Waals surface area contributed by atoms with E-state index in [1.165, 1.54) is 77.0 Å². The number of carbonyl (C=O) groups excluding carboxylic acids is 3. The largest absolute Gasteiger partial charge is 0.462 e. The fourth-order valence-electron chi connectivity index (χ4n) is 7.38. The average Bonchev–Trinajstić information content (AvgIpc) is 3.33. The highest BCUT2D eigenvalue weighted by Gasteiger charge is 2.19. The van der Waals surface area contributed by atoms with E-state index in [1.807, 2.05) is 0 Å². The summed E-state index contributed by atoms with van der Waals surface area (Å²) in [6.45, 7) is 6.40. The van der Waals surface area contributed by atoms with Gasteiger partial charge in [0.05, 0.1) is 0 Å². The molecule has 1 atom stereocenters. The zero-order valence-corrected chi connectivity index (χ0v) is 43.6. The van der Waals surface area contributed by atoms with Crippen LogP contribution in [0.4, 0.5) is 0 Å². The van der Waals surface area contributed by atoms with E-state index in [-0.39, 0.29) is 31.1 Å². The molecule has 0 N–H and O–H groups in total. The maximum absolute atomic E-state index is 12.8. The van der Waals surface area contributed by atoms with Crippen molar-refractivity contribution in [3.63, 3.8) is 0 Å². The standard InChI is InChI=1S/C61H102O6/c1-4-7-10-13-16-19-22-25-27-29-30-32-33-36-39-42-45-48-51-54-60(63)66-57-58(56-65-59(62)53-50-47-44-41-38-35-24-21-18-15-12-9-6-3)67-61(64)55-52-49-46-43-40-37-34-31-28-26-23-20-17-14-11-8-5-2/h8,11-12,15-17,19-21,24-28,34,37,58H,4-7,9-10,13-14,18,22-23,29-33,35-36,38-57H2,1-3H3/b11-8-,15-12-,19-16-,20-17-,24-21-,27-25-,28-26-,37-34-. The molecular formula is C61H102O6. The molecule has 0 fully saturated rings. The molecule has 0 aromatic carbocycles. The molecule has 1 unspecified atom stereocenters. The van der Waals surface area contributed by atoms with Gasteiger partial charge >= 0.3 is 17.9 Å². The highest BCUT2D eigenvalue weighted by molar-refractivity contribution is 5.71. The van der Waals surface area contributed by atoms with E-state index in [1.54, 1.807) is 0 Å². The fraction of sp³-hybridized carbons (Fsp3) is 0.689. The summed E-state index contributed by atoms with van der Waals surface area (Å²) < 4.78 is 16.8. The van der Waals surface area contributed by atoms with Crippen molar-refractivity contribution in [1.82, 2.24) is 0 Å². The van der Waals surface area contributed by atoms with Gasteiger partial charge in [0.25, 0.3) is 0 Å². The number of unbranched alkanes of at least 4 members (excludes halogenated alkanes) is 22. The summed E-state index contributed by atoms with van der Waals surface area (Å²) in [6, 6.07) is 0. The third kappa shape index (κ3) is 53.2. The summed E-state index contributed by atoms with van der Waals surface area (Å²) in [7, 11) is 0. The van der Waals surface area contributed by atoms with Gasteiger partial charge in [-0.05, 0) is 116 Å². The van der Waals surface area contributed by atoms with E-state index in [4.69, 9.17) is 14.2 Å². The van der Waals surface area contributed by atoms with Crippen LogP contribution in [0.25, 0.3) is 0 Å². The molecule has 0 aromatic heterocycles. The van der Waals surface area contributed by atoms with E-state index in [2.05, 4.69) is 118 Å². The molecule has 382 valence electrons. The van der Waals surface area contributed by atoms with Crippen LogP contribution in [-0.4, -0.2) is 37.2 Å². The second-order valence-corrected chi connectivity index (χ2v) is 18.1. The van der Waals surface area contributed by atoms with Crippen molar-refractivity contribution in [2.24, 2.45) is 0 Å². The number of allylic oxidation sites excluding steroid dienone is 16. The van der Waals surface area contributed by atoms with Crippen LogP contribution < -0.4 is 0 Å². The van der Waals surface area contributed by atoms with Crippen LogP contribution in [0.1, 0.15) is 252 Å². The van der Waals surface area contributed by atoms with Crippen molar-refractivity contribution in [2.75, 3.05) is 13.2 Å². The first-order chi connectivity index (χ1) is 33.0. The van der Waals surface area contributed by atoms with Crippen molar-refractivity contribution in [2.45, 2.75) is 258 Å². The molecule has 0 aliphatic carbocycles. The Bertz CT molecular complexity index is 1350. The second kappa shape index (κ2) is 54.9. The third-order valence-electron chi connectivity index (χ3n) is 11.5. The molecular weight excluding hydrogens is 829 g/mol. The van der Waals surface area contributed by atoms with Gasteiger partial charge in [-0.25, -0.2) is 0 Å². The maximum Gasteiger partial charge on any atom is 0.306 e. The molecule has 0 rings (SSSR count). The quantitative estimate of drug-likeness (QED) is 0.0262. The number of esters is 3. The van der Waals surface area contributed by atoms with Crippen molar-refractivity contribution >= 4 is 17.9 Å². The summed E-state index contributed by atoms with van der Waals surface area (Å²) in [5, 5.41) is 0. The lowest BCUT2D eigenvalue weighted by Crippen LogP contribution is -2.30. The van der Waals surface area contributed by atoms with Crippen molar-refractivity contribution in [1.29, 1.82) is 0 Å². The molecule has 0 aliphatic heterocycles. The number of ether oxygens (including phenoxy) is 3. The first kappa shape index (κ1) is 63.3. The molecule has 0 saturated carbocycles. The third-order valence-corrected chi connectivity index (χ3v) is 11.5. The Morgan fingerprint density at radius 2 is 0.612 bits per heavy atom. The monoisotopic (exact) mass is 931 g/mol. The lowest BCUT2D eigenvalue weighted by Gasteiger charge is -2.18. The minimum atomic E-state index is -0.799. The van der Waals surface area contributed by atoms with Crippen LogP contribution in [0.15, 0.2) is 97.2 Å². The van der Waals surface area contributed by atoms with Gasteiger partial charge in [0, 0.05) is 19.3 Å². The first-order valence-electron chi connectivity index (χ1n) is 27.7. The van der Waals surface area contributed by atoms with E-state index in [9.17, 15) is 14.4 Å².